The molecule has 0 bridgehead atoms. The molecule has 5 heteroatoms. The minimum absolute atomic E-state index is 0.0511. The quantitative estimate of drug-likeness (QED) is 0.786. The zero-order chi connectivity index (χ0) is 9.90. The van der Waals surface area contributed by atoms with E-state index in [1.54, 1.807) is 18.1 Å². The summed E-state index contributed by atoms with van der Waals surface area (Å²) in [5.74, 6) is 0.627. The maximum absolute atomic E-state index is 8.95. The van der Waals surface area contributed by atoms with Gasteiger partial charge in [0.1, 0.15) is 12.9 Å². The van der Waals surface area contributed by atoms with Gasteiger partial charge in [-0.05, 0) is 20.1 Å². The van der Waals surface area contributed by atoms with Crippen LogP contribution in [0.25, 0.3) is 0 Å². The highest BCUT2D eigenvalue weighted by atomic mass is 32.2. The van der Waals surface area contributed by atoms with Crippen LogP contribution in [0, 0.1) is 0 Å². The van der Waals surface area contributed by atoms with E-state index >= 15 is 0 Å². The molecular weight excluding hydrogens is 186 g/mol. The van der Waals surface area contributed by atoms with Gasteiger partial charge in [0, 0.05) is 11.3 Å². The van der Waals surface area contributed by atoms with Gasteiger partial charge >= 0.3 is 0 Å². The third-order valence-corrected chi connectivity index (χ3v) is 3.18. The van der Waals surface area contributed by atoms with E-state index in [2.05, 4.69) is 30.3 Å². The summed E-state index contributed by atoms with van der Waals surface area (Å²) < 4.78 is 2.03. The molecule has 0 aromatic carbocycles. The topological polar surface area (TPSA) is 50.9 Å². The summed E-state index contributed by atoms with van der Waals surface area (Å²) in [6, 6.07) is 0. The molecule has 4 nitrogen and oxygen atoms in total. The largest absolute Gasteiger partial charge is 0.388 e. The molecule has 74 valence electrons. The van der Waals surface area contributed by atoms with Crippen LogP contribution in [0.2, 0.25) is 0 Å². The second kappa shape index (κ2) is 4.11. The highest BCUT2D eigenvalue weighted by molar-refractivity contribution is 7.99. The van der Waals surface area contributed by atoms with Gasteiger partial charge in [-0.25, -0.2) is 0 Å². The molecule has 0 amide bonds. The molecule has 0 spiro atoms. The van der Waals surface area contributed by atoms with Crippen LogP contribution in [0.15, 0.2) is 6.33 Å². The lowest BCUT2D eigenvalue weighted by Crippen LogP contribution is -2.23. The summed E-state index contributed by atoms with van der Waals surface area (Å²) in [5, 5.41) is 16.5. The van der Waals surface area contributed by atoms with Crippen molar-refractivity contribution in [3.8, 4) is 0 Å². The monoisotopic (exact) mass is 201 g/mol. The number of thioether (sulfide) groups is 1. The molecule has 1 heterocycles. The van der Waals surface area contributed by atoms with Crippen molar-refractivity contribution in [2.75, 3.05) is 6.26 Å². The third kappa shape index (κ3) is 2.70. The molecule has 0 radical (unpaired) electrons. The van der Waals surface area contributed by atoms with Crippen LogP contribution >= 0.6 is 11.8 Å². The molecule has 0 atom stereocenters. The van der Waals surface area contributed by atoms with Gasteiger partial charge in [0.05, 0.1) is 0 Å². The zero-order valence-corrected chi connectivity index (χ0v) is 9.01. The normalized spacial score (nSPS) is 12.0. The van der Waals surface area contributed by atoms with Crippen molar-refractivity contribution in [2.45, 2.75) is 31.7 Å². The summed E-state index contributed by atoms with van der Waals surface area (Å²) in [5.41, 5.74) is 0. The Kier molecular flexibility index (Phi) is 3.33. The first-order chi connectivity index (χ1) is 6.09. The van der Waals surface area contributed by atoms with Crippen molar-refractivity contribution in [3.63, 3.8) is 0 Å². The lowest BCUT2D eigenvalue weighted by molar-refractivity contribution is 0.263. The molecule has 0 aliphatic heterocycles. The van der Waals surface area contributed by atoms with E-state index in [4.69, 9.17) is 5.11 Å². The molecular formula is C8H15N3OS. The number of hydrogen-bond acceptors (Lipinski definition) is 4. The molecule has 0 unspecified atom stereocenters. The van der Waals surface area contributed by atoms with Crippen LogP contribution in [0.5, 0.6) is 0 Å². The average molecular weight is 201 g/mol. The predicted octanol–water partition coefficient (Wildman–Crippen LogP) is 0.912. The van der Waals surface area contributed by atoms with Gasteiger partial charge in [-0.3, -0.25) is 0 Å². The van der Waals surface area contributed by atoms with Crippen molar-refractivity contribution in [1.29, 1.82) is 0 Å². The van der Waals surface area contributed by atoms with E-state index in [0.717, 1.165) is 6.54 Å². The minimum Gasteiger partial charge on any atom is -0.388 e. The molecule has 13 heavy (non-hydrogen) atoms. The van der Waals surface area contributed by atoms with E-state index in [-0.39, 0.29) is 11.4 Å². The molecule has 0 fully saturated rings. The number of aromatic nitrogens is 3. The molecule has 1 aromatic rings. The fourth-order valence-corrected chi connectivity index (χ4v) is 1.28. The number of aliphatic hydroxyl groups excluding tert-OH is 1. The van der Waals surface area contributed by atoms with E-state index in [0.29, 0.717) is 5.82 Å². The van der Waals surface area contributed by atoms with Crippen LogP contribution in [-0.2, 0) is 13.2 Å². The van der Waals surface area contributed by atoms with Crippen molar-refractivity contribution < 1.29 is 5.11 Å². The first kappa shape index (κ1) is 10.5. The Bertz CT molecular complexity index is 272. The number of aliphatic hydroxyl groups is 1. The number of rotatable bonds is 4. The second-order valence-electron chi connectivity index (χ2n) is 3.50. The Balaban J connectivity index is 2.73. The summed E-state index contributed by atoms with van der Waals surface area (Å²) >= 11 is 1.79. The lowest BCUT2D eigenvalue weighted by Gasteiger charge is -2.22. The standard InChI is InChI=1S/C8H15N3OS/c1-8(2,13-3)5-11-6-9-10-7(11)4-12/h6,12H,4-5H2,1-3H3. The Labute approximate surface area is 82.4 Å². The summed E-state index contributed by atoms with van der Waals surface area (Å²) in [4.78, 5) is 0. The third-order valence-electron chi connectivity index (χ3n) is 1.94. The Morgan fingerprint density at radius 3 is 2.85 bits per heavy atom. The molecule has 1 N–H and O–H groups in total. The van der Waals surface area contributed by atoms with Crippen molar-refractivity contribution in [3.05, 3.63) is 12.2 Å². The van der Waals surface area contributed by atoms with E-state index < -0.39 is 0 Å². The zero-order valence-electron chi connectivity index (χ0n) is 8.19. The Morgan fingerprint density at radius 1 is 1.62 bits per heavy atom. The number of nitrogens with zero attached hydrogens (tertiary/aromatic N) is 3. The van der Waals surface area contributed by atoms with Crippen molar-refractivity contribution in [2.24, 2.45) is 0 Å². The SMILES string of the molecule is CSC(C)(C)Cn1cnnc1CO. The highest BCUT2D eigenvalue weighted by Crippen LogP contribution is 2.23. The maximum Gasteiger partial charge on any atom is 0.158 e. The van der Waals surface area contributed by atoms with Gasteiger partial charge in [0.15, 0.2) is 5.82 Å². The molecule has 0 saturated heterocycles. The predicted molar refractivity (Wildman–Crippen MR) is 53.5 cm³/mol. The first-order valence-electron chi connectivity index (χ1n) is 4.12. The first-order valence-corrected chi connectivity index (χ1v) is 5.34. The van der Waals surface area contributed by atoms with Gasteiger partial charge in [-0.1, -0.05) is 0 Å². The maximum atomic E-state index is 8.95. The Hall–Kier alpha value is -0.550. The van der Waals surface area contributed by atoms with Gasteiger partial charge in [-0.2, -0.15) is 11.8 Å². The van der Waals surface area contributed by atoms with Gasteiger partial charge in [0.2, 0.25) is 0 Å². The van der Waals surface area contributed by atoms with Crippen LogP contribution in [-0.4, -0.2) is 30.9 Å². The fourth-order valence-electron chi connectivity index (χ4n) is 1.01. The second-order valence-corrected chi connectivity index (χ2v) is 5.01. The van der Waals surface area contributed by atoms with E-state index in [1.165, 1.54) is 0 Å². The van der Waals surface area contributed by atoms with Crippen LogP contribution < -0.4 is 0 Å². The summed E-state index contributed by atoms with van der Waals surface area (Å²) in [7, 11) is 0. The summed E-state index contributed by atoms with van der Waals surface area (Å²) in [6.45, 7) is 5.07. The van der Waals surface area contributed by atoms with Crippen LogP contribution in [0.3, 0.4) is 0 Å². The highest BCUT2D eigenvalue weighted by Gasteiger charge is 2.18. The van der Waals surface area contributed by atoms with E-state index in [9.17, 15) is 0 Å². The number of hydrogen-bond donors (Lipinski definition) is 1. The van der Waals surface area contributed by atoms with Crippen LogP contribution in [0.4, 0.5) is 0 Å². The average Bonchev–Trinajstić information content (AvgIpc) is 2.51. The van der Waals surface area contributed by atoms with E-state index in [1.807, 2.05) is 4.57 Å². The van der Waals surface area contributed by atoms with Crippen molar-refractivity contribution in [1.82, 2.24) is 14.8 Å². The van der Waals surface area contributed by atoms with Crippen LogP contribution in [0.1, 0.15) is 19.7 Å². The minimum atomic E-state index is -0.0511. The molecule has 0 aliphatic carbocycles. The fraction of sp³-hybridized carbons (Fsp3) is 0.750. The van der Waals surface area contributed by atoms with Gasteiger partial charge in [-0.15, -0.1) is 10.2 Å². The van der Waals surface area contributed by atoms with Gasteiger partial charge < -0.3 is 9.67 Å². The smallest absolute Gasteiger partial charge is 0.158 e. The lowest BCUT2D eigenvalue weighted by atomic mass is 10.2. The molecule has 0 aliphatic rings. The molecule has 1 aromatic heterocycles. The molecule has 1 rings (SSSR count). The Morgan fingerprint density at radius 2 is 2.31 bits per heavy atom. The van der Waals surface area contributed by atoms with Gasteiger partial charge in [0.25, 0.3) is 0 Å². The summed E-state index contributed by atoms with van der Waals surface area (Å²) in [6.07, 6.45) is 3.73. The van der Waals surface area contributed by atoms with Crippen molar-refractivity contribution >= 4 is 11.8 Å². The molecule has 0 saturated carbocycles.